The third-order valence-electron chi connectivity index (χ3n) is 3.23. The van der Waals surface area contributed by atoms with E-state index in [-0.39, 0.29) is 6.10 Å². The van der Waals surface area contributed by atoms with Gasteiger partial charge in [0.05, 0.1) is 30.2 Å². The van der Waals surface area contributed by atoms with Crippen LogP contribution in [0.3, 0.4) is 0 Å². The number of aliphatic hydroxyl groups is 1. The fourth-order valence-corrected chi connectivity index (χ4v) is 2.29. The molecule has 1 aliphatic rings. The zero-order valence-electron chi connectivity index (χ0n) is 10.4. The number of carbonyl (C=O) groups is 1. The molecule has 1 aromatic carbocycles. The number of nitrogens with two attached hydrogens (primary N) is 1. The van der Waals surface area contributed by atoms with E-state index >= 15 is 0 Å². The van der Waals surface area contributed by atoms with Crippen LogP contribution in [-0.2, 0) is 4.74 Å². The smallest absolute Gasteiger partial charge is 0.340 e. The van der Waals surface area contributed by atoms with Gasteiger partial charge in [-0.15, -0.1) is 0 Å². The lowest BCUT2D eigenvalue weighted by Crippen LogP contribution is -2.38. The molecule has 1 fully saturated rings. The molecule has 0 radical (unpaired) electrons. The molecule has 3 N–H and O–H groups in total. The molecule has 18 heavy (non-hydrogen) atoms. The molecule has 0 aliphatic carbocycles. The molecule has 98 valence electrons. The number of rotatable bonds is 2. The molecule has 1 saturated heterocycles. The van der Waals surface area contributed by atoms with Crippen LogP contribution in [0.15, 0.2) is 18.2 Å². The number of hydrogen-bond donors (Lipinski definition) is 2. The maximum absolute atomic E-state index is 11.6. The Balaban J connectivity index is 2.30. The van der Waals surface area contributed by atoms with Crippen molar-refractivity contribution in [1.82, 2.24) is 0 Å². The van der Waals surface area contributed by atoms with E-state index < -0.39 is 5.97 Å². The fraction of sp³-hybridized carbons (Fsp3) is 0.462. The van der Waals surface area contributed by atoms with Crippen molar-refractivity contribution in [2.75, 3.05) is 30.8 Å². The number of esters is 1. The van der Waals surface area contributed by atoms with Gasteiger partial charge in [0.2, 0.25) is 0 Å². The fourth-order valence-electron chi connectivity index (χ4n) is 2.29. The summed E-state index contributed by atoms with van der Waals surface area (Å²) >= 11 is 0. The standard InChI is InChI=1S/C13H18N2O3/c1-18-13(17)10-5-2-6-11(12(10)14)15-7-3-4-9(16)8-15/h2,5-6,9,16H,3-4,7-8,14H2,1H3. The van der Waals surface area contributed by atoms with E-state index in [0.29, 0.717) is 17.8 Å². The number of nitrogen functional groups attached to an aromatic ring is 1. The average molecular weight is 250 g/mol. The Morgan fingerprint density at radius 1 is 1.56 bits per heavy atom. The summed E-state index contributed by atoms with van der Waals surface area (Å²) in [6, 6.07) is 5.28. The van der Waals surface area contributed by atoms with Crippen molar-refractivity contribution in [2.24, 2.45) is 0 Å². The van der Waals surface area contributed by atoms with E-state index in [2.05, 4.69) is 0 Å². The predicted molar refractivity (Wildman–Crippen MR) is 69.6 cm³/mol. The van der Waals surface area contributed by atoms with Gasteiger partial charge in [0.1, 0.15) is 0 Å². The first-order valence-corrected chi connectivity index (χ1v) is 6.03. The third kappa shape index (κ3) is 2.41. The molecular weight excluding hydrogens is 232 g/mol. The first-order chi connectivity index (χ1) is 8.63. The monoisotopic (exact) mass is 250 g/mol. The summed E-state index contributed by atoms with van der Waals surface area (Å²) in [5, 5.41) is 9.68. The highest BCUT2D eigenvalue weighted by molar-refractivity contribution is 5.98. The van der Waals surface area contributed by atoms with E-state index in [1.807, 2.05) is 11.0 Å². The lowest BCUT2D eigenvalue weighted by molar-refractivity contribution is 0.0602. The molecule has 0 bridgehead atoms. The largest absolute Gasteiger partial charge is 0.465 e. The zero-order valence-corrected chi connectivity index (χ0v) is 10.4. The van der Waals surface area contributed by atoms with E-state index in [4.69, 9.17) is 10.5 Å². The molecule has 1 heterocycles. The SMILES string of the molecule is COC(=O)c1cccc(N2CCCC(O)C2)c1N. The van der Waals surface area contributed by atoms with Crippen LogP contribution >= 0.6 is 0 Å². The number of β-amino-alcohol motifs (C(OH)–C–C–N with tert-alkyl or cyclic N) is 1. The minimum Gasteiger partial charge on any atom is -0.465 e. The van der Waals surface area contributed by atoms with Gasteiger partial charge in [-0.2, -0.15) is 0 Å². The molecular formula is C13H18N2O3. The number of methoxy groups -OCH3 is 1. The highest BCUT2D eigenvalue weighted by Crippen LogP contribution is 2.29. The number of aliphatic hydroxyl groups excluding tert-OH is 1. The van der Waals surface area contributed by atoms with E-state index in [9.17, 15) is 9.90 Å². The minimum atomic E-state index is -0.438. The van der Waals surface area contributed by atoms with Crippen molar-refractivity contribution < 1.29 is 14.6 Å². The number of piperidine rings is 1. The maximum Gasteiger partial charge on any atom is 0.340 e. The highest BCUT2D eigenvalue weighted by atomic mass is 16.5. The van der Waals surface area contributed by atoms with Gasteiger partial charge in [0, 0.05) is 13.1 Å². The molecule has 0 spiro atoms. The molecule has 1 unspecified atom stereocenters. The molecule has 0 aromatic heterocycles. The Bertz CT molecular complexity index is 448. The van der Waals surface area contributed by atoms with Gasteiger partial charge in [0.15, 0.2) is 0 Å². The quantitative estimate of drug-likeness (QED) is 0.605. The lowest BCUT2D eigenvalue weighted by atomic mass is 10.1. The first kappa shape index (κ1) is 12.7. The summed E-state index contributed by atoms with van der Waals surface area (Å²) in [6.45, 7) is 1.39. The van der Waals surface area contributed by atoms with Crippen LogP contribution in [0.2, 0.25) is 0 Å². The number of hydrogen-bond acceptors (Lipinski definition) is 5. The van der Waals surface area contributed by atoms with Gasteiger partial charge in [-0.25, -0.2) is 4.79 Å². The Kier molecular flexibility index (Phi) is 3.72. The number of ether oxygens (including phenoxy) is 1. The molecule has 5 nitrogen and oxygen atoms in total. The molecule has 1 aromatic rings. The van der Waals surface area contributed by atoms with E-state index in [0.717, 1.165) is 25.1 Å². The van der Waals surface area contributed by atoms with Crippen LogP contribution in [0.25, 0.3) is 0 Å². The number of anilines is 2. The Morgan fingerprint density at radius 3 is 3.00 bits per heavy atom. The second-order valence-electron chi connectivity index (χ2n) is 4.47. The van der Waals surface area contributed by atoms with Gasteiger partial charge in [0.25, 0.3) is 0 Å². The van der Waals surface area contributed by atoms with Gasteiger partial charge in [-0.3, -0.25) is 0 Å². The van der Waals surface area contributed by atoms with Gasteiger partial charge in [-0.1, -0.05) is 6.07 Å². The number of carbonyl (C=O) groups excluding carboxylic acids is 1. The molecule has 1 atom stereocenters. The van der Waals surface area contributed by atoms with Crippen molar-refractivity contribution in [3.63, 3.8) is 0 Å². The number of nitrogens with zero attached hydrogens (tertiary/aromatic N) is 1. The van der Waals surface area contributed by atoms with Gasteiger partial charge in [-0.05, 0) is 25.0 Å². The van der Waals surface area contributed by atoms with E-state index in [1.165, 1.54) is 7.11 Å². The second-order valence-corrected chi connectivity index (χ2v) is 4.47. The molecule has 5 heteroatoms. The van der Waals surface area contributed by atoms with Crippen LogP contribution in [0.1, 0.15) is 23.2 Å². The Hall–Kier alpha value is -1.75. The summed E-state index contributed by atoms with van der Waals surface area (Å²) in [5.74, 6) is -0.438. The van der Waals surface area contributed by atoms with Crippen molar-refractivity contribution in [3.8, 4) is 0 Å². The predicted octanol–water partition coefficient (Wildman–Crippen LogP) is 1.02. The number of para-hydroxylation sites is 1. The topological polar surface area (TPSA) is 75.8 Å². The molecule has 0 saturated carbocycles. The minimum absolute atomic E-state index is 0.333. The van der Waals surface area contributed by atoms with Crippen molar-refractivity contribution in [2.45, 2.75) is 18.9 Å². The van der Waals surface area contributed by atoms with Crippen molar-refractivity contribution in [1.29, 1.82) is 0 Å². The van der Waals surface area contributed by atoms with Crippen LogP contribution in [0.4, 0.5) is 11.4 Å². The lowest BCUT2D eigenvalue weighted by Gasteiger charge is -2.33. The maximum atomic E-state index is 11.6. The highest BCUT2D eigenvalue weighted by Gasteiger charge is 2.21. The summed E-state index contributed by atoms with van der Waals surface area (Å²) in [6.07, 6.45) is 1.40. The first-order valence-electron chi connectivity index (χ1n) is 6.03. The molecule has 2 rings (SSSR count). The van der Waals surface area contributed by atoms with Gasteiger partial charge >= 0.3 is 5.97 Å². The van der Waals surface area contributed by atoms with E-state index in [1.54, 1.807) is 12.1 Å². The second kappa shape index (κ2) is 5.27. The third-order valence-corrected chi connectivity index (χ3v) is 3.23. The van der Waals surface area contributed by atoms with Crippen molar-refractivity contribution >= 4 is 17.3 Å². The van der Waals surface area contributed by atoms with Crippen molar-refractivity contribution in [3.05, 3.63) is 23.8 Å². The Labute approximate surface area is 106 Å². The summed E-state index contributed by atoms with van der Waals surface area (Å²) in [5.41, 5.74) is 7.59. The van der Waals surface area contributed by atoms with Crippen LogP contribution in [0.5, 0.6) is 0 Å². The Morgan fingerprint density at radius 2 is 2.33 bits per heavy atom. The average Bonchev–Trinajstić information content (AvgIpc) is 2.38. The van der Waals surface area contributed by atoms with Crippen LogP contribution < -0.4 is 10.6 Å². The summed E-state index contributed by atoms with van der Waals surface area (Å²) < 4.78 is 4.69. The molecule has 0 amide bonds. The zero-order chi connectivity index (χ0) is 13.1. The normalized spacial score (nSPS) is 19.7. The van der Waals surface area contributed by atoms with Gasteiger partial charge < -0.3 is 20.5 Å². The molecule has 1 aliphatic heterocycles. The van der Waals surface area contributed by atoms with Crippen LogP contribution in [-0.4, -0.2) is 37.4 Å². The number of benzene rings is 1. The summed E-state index contributed by atoms with van der Waals surface area (Å²) in [7, 11) is 1.33. The van der Waals surface area contributed by atoms with Crippen LogP contribution in [0, 0.1) is 0 Å². The summed E-state index contributed by atoms with van der Waals surface area (Å²) in [4.78, 5) is 13.6.